The van der Waals surface area contributed by atoms with Gasteiger partial charge in [-0.15, -0.1) is 0 Å². The molecule has 2 N–H and O–H groups in total. The average Bonchev–Trinajstić information content (AvgIpc) is 3.58. The smallest absolute Gasteiger partial charge is 0.270 e. The molecule has 6 nitrogen and oxygen atoms in total. The minimum absolute atomic E-state index is 0.148. The van der Waals surface area contributed by atoms with Gasteiger partial charge in [0.2, 0.25) is 0 Å². The quantitative estimate of drug-likeness (QED) is 0.615. The zero-order chi connectivity index (χ0) is 20.1. The SMILES string of the molecule is COc1ccc(CCNc2cc(C(=O)NC3CC3)nc(-c3ccccc3)n2)cc1. The summed E-state index contributed by atoms with van der Waals surface area (Å²) in [5.74, 6) is 1.89. The van der Waals surface area contributed by atoms with Gasteiger partial charge in [0.15, 0.2) is 5.82 Å². The molecule has 2 aromatic carbocycles. The predicted octanol–water partition coefficient (Wildman–Crippen LogP) is 3.70. The largest absolute Gasteiger partial charge is 0.497 e. The number of carbonyl (C=O) groups excluding carboxylic acids is 1. The summed E-state index contributed by atoms with van der Waals surface area (Å²) in [5, 5.41) is 6.33. The molecule has 3 aromatic rings. The van der Waals surface area contributed by atoms with Crippen LogP contribution in [-0.2, 0) is 6.42 Å². The average molecular weight is 388 g/mol. The van der Waals surface area contributed by atoms with Gasteiger partial charge < -0.3 is 15.4 Å². The lowest BCUT2D eigenvalue weighted by Gasteiger charge is -2.11. The van der Waals surface area contributed by atoms with Crippen molar-refractivity contribution in [2.45, 2.75) is 25.3 Å². The Balaban J connectivity index is 1.50. The van der Waals surface area contributed by atoms with Crippen LogP contribution in [0.2, 0.25) is 0 Å². The molecule has 1 aliphatic carbocycles. The van der Waals surface area contributed by atoms with Gasteiger partial charge in [0, 0.05) is 24.2 Å². The van der Waals surface area contributed by atoms with E-state index in [4.69, 9.17) is 4.74 Å². The number of aromatic nitrogens is 2. The summed E-state index contributed by atoms with van der Waals surface area (Å²) in [6, 6.07) is 19.7. The molecule has 0 radical (unpaired) electrons. The molecule has 1 fully saturated rings. The molecule has 0 saturated heterocycles. The molecule has 6 heteroatoms. The predicted molar refractivity (Wildman–Crippen MR) is 113 cm³/mol. The number of carbonyl (C=O) groups is 1. The molecule has 0 aliphatic heterocycles. The van der Waals surface area contributed by atoms with E-state index in [1.807, 2.05) is 54.6 Å². The number of benzene rings is 2. The van der Waals surface area contributed by atoms with Gasteiger partial charge in [0.05, 0.1) is 7.11 Å². The first-order chi connectivity index (χ1) is 14.2. The third-order valence-corrected chi connectivity index (χ3v) is 4.78. The first kappa shape index (κ1) is 18.9. The standard InChI is InChI=1S/C23H24N4O2/c1-29-19-11-7-16(8-12-19)13-14-24-21-15-20(23(28)25-18-9-10-18)26-22(27-21)17-5-3-2-4-6-17/h2-8,11-12,15,18H,9-10,13-14H2,1H3,(H,25,28)(H,24,26,27). The zero-order valence-electron chi connectivity index (χ0n) is 16.4. The van der Waals surface area contributed by atoms with Crippen LogP contribution in [0.4, 0.5) is 5.82 Å². The molecule has 1 aliphatic rings. The number of rotatable bonds is 8. The van der Waals surface area contributed by atoms with Crippen LogP contribution in [0.1, 0.15) is 28.9 Å². The maximum Gasteiger partial charge on any atom is 0.270 e. The molecule has 29 heavy (non-hydrogen) atoms. The van der Waals surface area contributed by atoms with Crippen molar-refractivity contribution in [2.75, 3.05) is 19.0 Å². The monoisotopic (exact) mass is 388 g/mol. The van der Waals surface area contributed by atoms with E-state index in [2.05, 4.69) is 20.6 Å². The number of amides is 1. The lowest BCUT2D eigenvalue weighted by atomic mass is 10.1. The molecular formula is C23H24N4O2. The fraction of sp³-hybridized carbons (Fsp3) is 0.261. The van der Waals surface area contributed by atoms with Gasteiger partial charge in [-0.1, -0.05) is 42.5 Å². The summed E-state index contributed by atoms with van der Waals surface area (Å²) < 4.78 is 5.20. The fourth-order valence-corrected chi connectivity index (χ4v) is 2.98. The molecule has 1 heterocycles. The molecule has 1 amide bonds. The van der Waals surface area contributed by atoms with E-state index in [-0.39, 0.29) is 11.9 Å². The Hall–Kier alpha value is -3.41. The molecule has 148 valence electrons. The minimum Gasteiger partial charge on any atom is -0.497 e. The minimum atomic E-state index is -0.148. The third kappa shape index (κ3) is 5.10. The van der Waals surface area contributed by atoms with Crippen molar-refractivity contribution in [2.24, 2.45) is 0 Å². The highest BCUT2D eigenvalue weighted by Gasteiger charge is 2.25. The van der Waals surface area contributed by atoms with Gasteiger partial charge in [-0.25, -0.2) is 9.97 Å². The summed E-state index contributed by atoms with van der Waals surface area (Å²) in [4.78, 5) is 21.7. The normalized spacial score (nSPS) is 13.0. The van der Waals surface area contributed by atoms with Crippen molar-refractivity contribution in [3.05, 3.63) is 71.9 Å². The van der Waals surface area contributed by atoms with Crippen molar-refractivity contribution in [1.29, 1.82) is 0 Å². The van der Waals surface area contributed by atoms with E-state index < -0.39 is 0 Å². The number of anilines is 1. The molecule has 0 atom stereocenters. The van der Waals surface area contributed by atoms with Gasteiger partial charge in [-0.05, 0) is 37.0 Å². The third-order valence-electron chi connectivity index (χ3n) is 4.78. The first-order valence-electron chi connectivity index (χ1n) is 9.83. The maximum atomic E-state index is 12.5. The maximum absolute atomic E-state index is 12.5. The van der Waals surface area contributed by atoms with Crippen molar-refractivity contribution in [1.82, 2.24) is 15.3 Å². The summed E-state index contributed by atoms with van der Waals surface area (Å²) >= 11 is 0. The van der Waals surface area contributed by atoms with Crippen molar-refractivity contribution >= 4 is 11.7 Å². The molecule has 4 rings (SSSR count). The van der Waals surface area contributed by atoms with Gasteiger partial charge in [-0.3, -0.25) is 4.79 Å². The van der Waals surface area contributed by atoms with E-state index in [1.165, 1.54) is 5.56 Å². The van der Waals surface area contributed by atoms with Crippen LogP contribution in [0, 0.1) is 0 Å². The lowest BCUT2D eigenvalue weighted by Crippen LogP contribution is -2.26. The Morgan fingerprint density at radius 2 is 1.83 bits per heavy atom. The number of nitrogens with one attached hydrogen (secondary N) is 2. The number of nitrogens with zero attached hydrogens (tertiary/aromatic N) is 2. The van der Waals surface area contributed by atoms with E-state index in [0.717, 1.165) is 30.6 Å². The first-order valence-corrected chi connectivity index (χ1v) is 9.83. The van der Waals surface area contributed by atoms with E-state index in [1.54, 1.807) is 13.2 Å². The molecule has 0 spiro atoms. The highest BCUT2D eigenvalue weighted by atomic mass is 16.5. The van der Waals surface area contributed by atoms with E-state index >= 15 is 0 Å². The fourth-order valence-electron chi connectivity index (χ4n) is 2.98. The van der Waals surface area contributed by atoms with Crippen LogP contribution in [-0.4, -0.2) is 35.6 Å². The van der Waals surface area contributed by atoms with E-state index in [9.17, 15) is 4.79 Å². The summed E-state index contributed by atoms with van der Waals surface area (Å²) in [6.45, 7) is 0.696. The van der Waals surface area contributed by atoms with Crippen molar-refractivity contribution < 1.29 is 9.53 Å². The molecule has 0 bridgehead atoms. The second-order valence-electron chi connectivity index (χ2n) is 7.10. The summed E-state index contributed by atoms with van der Waals surface area (Å²) in [7, 11) is 1.66. The van der Waals surface area contributed by atoms with E-state index in [0.29, 0.717) is 23.9 Å². The highest BCUT2D eigenvalue weighted by molar-refractivity contribution is 5.93. The molecular weight excluding hydrogens is 364 g/mol. The Bertz CT molecular complexity index is 970. The van der Waals surface area contributed by atoms with Crippen LogP contribution in [0.15, 0.2) is 60.7 Å². The second-order valence-corrected chi connectivity index (χ2v) is 7.10. The van der Waals surface area contributed by atoms with Crippen LogP contribution in [0.3, 0.4) is 0 Å². The Labute approximate surface area is 170 Å². The Morgan fingerprint density at radius 3 is 2.52 bits per heavy atom. The Morgan fingerprint density at radius 1 is 1.07 bits per heavy atom. The van der Waals surface area contributed by atoms with Crippen LogP contribution in [0.5, 0.6) is 5.75 Å². The van der Waals surface area contributed by atoms with Gasteiger partial charge in [0.1, 0.15) is 17.3 Å². The van der Waals surface area contributed by atoms with Crippen LogP contribution < -0.4 is 15.4 Å². The van der Waals surface area contributed by atoms with Gasteiger partial charge in [0.25, 0.3) is 5.91 Å². The number of ether oxygens (including phenoxy) is 1. The highest BCUT2D eigenvalue weighted by Crippen LogP contribution is 2.21. The summed E-state index contributed by atoms with van der Waals surface area (Å²) in [6.07, 6.45) is 2.91. The topological polar surface area (TPSA) is 76.1 Å². The zero-order valence-corrected chi connectivity index (χ0v) is 16.4. The summed E-state index contributed by atoms with van der Waals surface area (Å²) in [5.41, 5.74) is 2.46. The molecule has 0 unspecified atom stereocenters. The number of hydrogen-bond donors (Lipinski definition) is 2. The van der Waals surface area contributed by atoms with Crippen LogP contribution >= 0.6 is 0 Å². The Kier molecular flexibility index (Phi) is 5.70. The number of hydrogen-bond acceptors (Lipinski definition) is 5. The molecule has 1 saturated carbocycles. The van der Waals surface area contributed by atoms with Crippen LogP contribution in [0.25, 0.3) is 11.4 Å². The number of methoxy groups -OCH3 is 1. The van der Waals surface area contributed by atoms with Gasteiger partial charge >= 0.3 is 0 Å². The van der Waals surface area contributed by atoms with Gasteiger partial charge in [-0.2, -0.15) is 0 Å². The van der Waals surface area contributed by atoms with Crippen molar-refractivity contribution in [3.63, 3.8) is 0 Å². The lowest BCUT2D eigenvalue weighted by molar-refractivity contribution is 0.0946. The molecule has 1 aromatic heterocycles. The van der Waals surface area contributed by atoms with Crippen molar-refractivity contribution in [3.8, 4) is 17.1 Å². The second kappa shape index (κ2) is 8.73.